The number of hydrogen-bond acceptors (Lipinski definition) is 4. The Kier molecular flexibility index (Phi) is 10.0. The maximum atomic E-state index is 13.3. The van der Waals surface area contributed by atoms with Gasteiger partial charge in [-0.15, -0.1) is 0 Å². The fourth-order valence-electron chi connectivity index (χ4n) is 4.26. The van der Waals surface area contributed by atoms with Gasteiger partial charge >= 0.3 is 5.97 Å². The Morgan fingerprint density at radius 1 is 0.590 bits per heavy atom. The van der Waals surface area contributed by atoms with E-state index < -0.39 is 18.1 Å². The van der Waals surface area contributed by atoms with E-state index in [1.54, 1.807) is 24.3 Å². The predicted octanol–water partition coefficient (Wildman–Crippen LogP) is 4.54. The summed E-state index contributed by atoms with van der Waals surface area (Å²) in [7, 11) is 0. The molecule has 0 fully saturated rings. The molecule has 2 N–H and O–H groups in total. The normalized spacial score (nSPS) is 12.1. The first kappa shape index (κ1) is 27.3. The van der Waals surface area contributed by atoms with Crippen LogP contribution in [0.4, 0.5) is 0 Å². The van der Waals surface area contributed by atoms with Crippen LogP contribution in [0.2, 0.25) is 0 Å². The first-order valence-electron chi connectivity index (χ1n) is 13.0. The van der Waals surface area contributed by atoms with Crippen LogP contribution in [0, 0.1) is 0 Å². The highest BCUT2D eigenvalue weighted by Crippen LogP contribution is 2.09. The molecule has 0 saturated heterocycles. The third-order valence-electron chi connectivity index (χ3n) is 6.23. The Balaban J connectivity index is 1.44. The van der Waals surface area contributed by atoms with Crippen LogP contribution in [-0.4, -0.2) is 36.5 Å². The molecule has 0 aromatic heterocycles. The molecule has 2 amide bonds. The molecule has 4 aromatic rings. The highest BCUT2D eigenvalue weighted by molar-refractivity contribution is 5.94. The summed E-state index contributed by atoms with van der Waals surface area (Å²) in [4.78, 5) is 39.0. The first-order valence-corrected chi connectivity index (χ1v) is 13.0. The number of carbonyl (C=O) groups is 3. The van der Waals surface area contributed by atoms with Gasteiger partial charge in [0.15, 0.2) is 0 Å². The van der Waals surface area contributed by atoms with Crippen molar-refractivity contribution in [1.82, 2.24) is 10.6 Å². The van der Waals surface area contributed by atoms with Crippen molar-refractivity contribution in [3.63, 3.8) is 0 Å². The van der Waals surface area contributed by atoms with Gasteiger partial charge in [0.1, 0.15) is 12.6 Å². The molecular formula is C33H32N2O4. The lowest BCUT2D eigenvalue weighted by Gasteiger charge is -2.22. The minimum Gasteiger partial charge on any atom is -0.462 e. The molecule has 0 aliphatic heterocycles. The van der Waals surface area contributed by atoms with Crippen molar-refractivity contribution >= 4 is 17.8 Å². The summed E-state index contributed by atoms with van der Waals surface area (Å²) < 4.78 is 5.73. The van der Waals surface area contributed by atoms with Crippen molar-refractivity contribution in [3.8, 4) is 0 Å². The molecule has 0 radical (unpaired) electrons. The zero-order valence-electron chi connectivity index (χ0n) is 21.7. The van der Waals surface area contributed by atoms with Crippen LogP contribution >= 0.6 is 0 Å². The van der Waals surface area contributed by atoms with E-state index in [0.717, 1.165) is 16.7 Å². The van der Waals surface area contributed by atoms with Crippen molar-refractivity contribution in [1.29, 1.82) is 0 Å². The fourth-order valence-corrected chi connectivity index (χ4v) is 4.26. The zero-order valence-corrected chi connectivity index (χ0v) is 21.7. The van der Waals surface area contributed by atoms with Gasteiger partial charge in [0, 0.05) is 12.0 Å². The molecule has 4 rings (SSSR count). The molecule has 0 saturated carbocycles. The molecule has 4 aromatic carbocycles. The van der Waals surface area contributed by atoms with E-state index in [1.807, 2.05) is 97.1 Å². The lowest BCUT2D eigenvalue weighted by molar-refractivity contribution is -0.148. The second-order valence-corrected chi connectivity index (χ2v) is 9.33. The monoisotopic (exact) mass is 520 g/mol. The molecule has 198 valence electrons. The Hall–Kier alpha value is -4.71. The van der Waals surface area contributed by atoms with E-state index in [2.05, 4.69) is 10.6 Å². The summed E-state index contributed by atoms with van der Waals surface area (Å²) in [5.41, 5.74) is 3.28. The van der Waals surface area contributed by atoms with Crippen LogP contribution in [0.15, 0.2) is 121 Å². The standard InChI is InChI=1S/C33H32N2O4/c36-31(23-27-17-9-3-10-18-27)35-30(22-26-15-7-2-8-16-26)33(38)39-24-29(21-25-13-5-1-6-14-25)34-32(37)28-19-11-4-12-20-28/h1-20,29-30H,21-24H2,(H,34,37)(H,35,36)/t29-,30-/m0/s1. The van der Waals surface area contributed by atoms with Gasteiger partial charge < -0.3 is 15.4 Å². The molecule has 0 unspecified atom stereocenters. The van der Waals surface area contributed by atoms with Gasteiger partial charge in [-0.1, -0.05) is 109 Å². The van der Waals surface area contributed by atoms with E-state index >= 15 is 0 Å². The Morgan fingerprint density at radius 2 is 1.08 bits per heavy atom. The summed E-state index contributed by atoms with van der Waals surface area (Å²) in [6.45, 7) is -0.0356. The van der Waals surface area contributed by atoms with Crippen LogP contribution < -0.4 is 10.6 Å². The summed E-state index contributed by atoms with van der Waals surface area (Å²) in [6, 6.07) is 36.1. The van der Waals surface area contributed by atoms with E-state index in [4.69, 9.17) is 4.74 Å². The lowest BCUT2D eigenvalue weighted by atomic mass is 10.0. The minimum absolute atomic E-state index is 0.0356. The molecule has 0 aliphatic carbocycles. The second kappa shape index (κ2) is 14.3. The number of amides is 2. The van der Waals surface area contributed by atoms with Crippen LogP contribution in [0.25, 0.3) is 0 Å². The van der Waals surface area contributed by atoms with Gasteiger partial charge in [-0.05, 0) is 35.2 Å². The number of hydrogen-bond donors (Lipinski definition) is 2. The summed E-state index contributed by atoms with van der Waals surface area (Å²) >= 11 is 0. The van der Waals surface area contributed by atoms with Crippen molar-refractivity contribution in [3.05, 3.63) is 144 Å². The van der Waals surface area contributed by atoms with E-state index in [9.17, 15) is 14.4 Å². The van der Waals surface area contributed by atoms with Gasteiger partial charge in [0.2, 0.25) is 5.91 Å². The van der Waals surface area contributed by atoms with Gasteiger partial charge in [-0.3, -0.25) is 9.59 Å². The molecule has 39 heavy (non-hydrogen) atoms. The van der Waals surface area contributed by atoms with Crippen molar-refractivity contribution < 1.29 is 19.1 Å². The van der Waals surface area contributed by atoms with Crippen molar-refractivity contribution in [2.45, 2.75) is 31.3 Å². The highest BCUT2D eigenvalue weighted by Gasteiger charge is 2.25. The van der Waals surface area contributed by atoms with Gasteiger partial charge in [-0.25, -0.2) is 4.79 Å². The molecule has 6 nitrogen and oxygen atoms in total. The zero-order chi connectivity index (χ0) is 27.3. The quantitative estimate of drug-likeness (QED) is 0.269. The largest absolute Gasteiger partial charge is 0.462 e. The predicted molar refractivity (Wildman–Crippen MR) is 151 cm³/mol. The summed E-state index contributed by atoms with van der Waals surface area (Å²) in [5, 5.41) is 5.85. The van der Waals surface area contributed by atoms with Gasteiger partial charge in [-0.2, -0.15) is 0 Å². The van der Waals surface area contributed by atoms with Crippen LogP contribution in [0.1, 0.15) is 27.0 Å². The number of rotatable bonds is 12. The van der Waals surface area contributed by atoms with Crippen LogP contribution in [0.3, 0.4) is 0 Å². The van der Waals surface area contributed by atoms with E-state index in [0.29, 0.717) is 18.4 Å². The third kappa shape index (κ3) is 8.97. The third-order valence-corrected chi connectivity index (χ3v) is 6.23. The van der Waals surface area contributed by atoms with E-state index in [1.165, 1.54) is 0 Å². The highest BCUT2D eigenvalue weighted by atomic mass is 16.5. The van der Waals surface area contributed by atoms with Crippen LogP contribution in [-0.2, 0) is 33.6 Å². The maximum absolute atomic E-state index is 13.3. The fraction of sp³-hybridized carbons (Fsp3) is 0.182. The molecule has 2 atom stereocenters. The molecule has 0 bridgehead atoms. The summed E-state index contributed by atoms with van der Waals surface area (Å²) in [6.07, 6.45) is 0.930. The number of benzene rings is 4. The van der Waals surface area contributed by atoms with Gasteiger partial charge in [0.05, 0.1) is 12.5 Å². The molecule has 6 heteroatoms. The second-order valence-electron chi connectivity index (χ2n) is 9.33. The molecule has 0 spiro atoms. The van der Waals surface area contributed by atoms with Crippen molar-refractivity contribution in [2.24, 2.45) is 0 Å². The number of nitrogens with one attached hydrogen (secondary N) is 2. The summed E-state index contributed by atoms with van der Waals surface area (Å²) in [5.74, 6) is -1.06. The SMILES string of the molecule is O=C(Cc1ccccc1)N[C@@H](Cc1ccccc1)C(=O)OC[C@H](Cc1ccccc1)NC(=O)c1ccccc1. The first-order chi connectivity index (χ1) is 19.1. The minimum atomic E-state index is -0.870. The molecular weight excluding hydrogens is 488 g/mol. The Labute approximate surface area is 229 Å². The topological polar surface area (TPSA) is 84.5 Å². The number of esters is 1. The number of ether oxygens (including phenoxy) is 1. The Bertz CT molecular complexity index is 1330. The average Bonchev–Trinajstić information content (AvgIpc) is 2.97. The van der Waals surface area contributed by atoms with Crippen molar-refractivity contribution in [2.75, 3.05) is 6.61 Å². The Morgan fingerprint density at radius 3 is 1.64 bits per heavy atom. The molecule has 0 aliphatic rings. The van der Waals surface area contributed by atoms with Gasteiger partial charge in [0.25, 0.3) is 5.91 Å². The van der Waals surface area contributed by atoms with Crippen LogP contribution in [0.5, 0.6) is 0 Å². The number of carbonyl (C=O) groups excluding carboxylic acids is 3. The smallest absolute Gasteiger partial charge is 0.329 e. The molecule has 0 heterocycles. The van der Waals surface area contributed by atoms with E-state index in [-0.39, 0.29) is 24.8 Å². The lowest BCUT2D eigenvalue weighted by Crippen LogP contribution is -2.46. The maximum Gasteiger partial charge on any atom is 0.329 e. The average molecular weight is 521 g/mol.